The molecule has 1 aromatic rings. The molecule has 1 amide bonds. The van der Waals surface area contributed by atoms with Crippen LogP contribution in [0.4, 0.5) is 0 Å². The highest BCUT2D eigenvalue weighted by Gasteiger charge is 2.24. The predicted molar refractivity (Wildman–Crippen MR) is 68.5 cm³/mol. The molecule has 1 atom stereocenters. The molecule has 18 heavy (non-hydrogen) atoms. The Hall–Kier alpha value is -1.39. The minimum atomic E-state index is -0.252. The predicted octanol–water partition coefficient (Wildman–Crippen LogP) is 1.08. The smallest absolute Gasteiger partial charge is 0.254 e. The molecule has 0 spiro atoms. The van der Waals surface area contributed by atoms with Crippen molar-refractivity contribution in [2.24, 2.45) is 0 Å². The first-order valence-electron chi connectivity index (χ1n) is 6.35. The molecular formula is C14H19NO3. The summed E-state index contributed by atoms with van der Waals surface area (Å²) in [6.07, 6.45) is 0.719. The van der Waals surface area contributed by atoms with Crippen LogP contribution >= 0.6 is 0 Å². The van der Waals surface area contributed by atoms with E-state index in [0.717, 1.165) is 6.42 Å². The molecule has 1 saturated heterocycles. The molecule has 98 valence electrons. The molecule has 1 N–H and O–H groups in total. The number of aliphatic hydroxyl groups excluding tert-OH is 1. The van der Waals surface area contributed by atoms with Crippen LogP contribution in [0.15, 0.2) is 24.3 Å². The largest absolute Gasteiger partial charge is 0.394 e. The van der Waals surface area contributed by atoms with Crippen molar-refractivity contribution in [1.82, 2.24) is 4.90 Å². The third-order valence-corrected chi connectivity index (χ3v) is 3.24. The van der Waals surface area contributed by atoms with E-state index >= 15 is 0 Å². The van der Waals surface area contributed by atoms with Crippen LogP contribution < -0.4 is 0 Å². The molecule has 1 heterocycles. The van der Waals surface area contributed by atoms with E-state index in [1.165, 1.54) is 5.56 Å². The minimum Gasteiger partial charge on any atom is -0.394 e. The zero-order chi connectivity index (χ0) is 13.0. The van der Waals surface area contributed by atoms with Crippen LogP contribution in [0.3, 0.4) is 0 Å². The molecule has 1 aliphatic rings. The fourth-order valence-electron chi connectivity index (χ4n) is 2.08. The van der Waals surface area contributed by atoms with Gasteiger partial charge in [0.1, 0.15) is 0 Å². The Morgan fingerprint density at radius 2 is 2.17 bits per heavy atom. The number of aryl methyl sites for hydroxylation is 1. The van der Waals surface area contributed by atoms with E-state index in [2.05, 4.69) is 6.92 Å². The Balaban J connectivity index is 2.05. The number of aliphatic hydroxyl groups is 1. The third-order valence-electron chi connectivity index (χ3n) is 3.24. The summed E-state index contributed by atoms with van der Waals surface area (Å²) in [6, 6.07) is 7.70. The van der Waals surface area contributed by atoms with Crippen LogP contribution in [0.2, 0.25) is 0 Å². The van der Waals surface area contributed by atoms with E-state index in [1.54, 1.807) is 4.90 Å². The summed E-state index contributed by atoms with van der Waals surface area (Å²) in [5, 5.41) is 9.07. The highest BCUT2D eigenvalue weighted by molar-refractivity contribution is 5.94. The molecule has 0 radical (unpaired) electrons. The lowest BCUT2D eigenvalue weighted by molar-refractivity contribution is -0.0447. The lowest BCUT2D eigenvalue weighted by Crippen LogP contribution is -2.46. The van der Waals surface area contributed by atoms with Crippen LogP contribution in [-0.2, 0) is 11.2 Å². The molecule has 0 aromatic heterocycles. The molecule has 1 aromatic carbocycles. The highest BCUT2D eigenvalue weighted by atomic mass is 16.5. The number of nitrogens with zero attached hydrogens (tertiary/aromatic N) is 1. The van der Waals surface area contributed by atoms with Gasteiger partial charge < -0.3 is 14.7 Å². The van der Waals surface area contributed by atoms with Gasteiger partial charge >= 0.3 is 0 Å². The number of hydrogen-bond acceptors (Lipinski definition) is 3. The van der Waals surface area contributed by atoms with Gasteiger partial charge in [0, 0.05) is 18.7 Å². The first-order valence-corrected chi connectivity index (χ1v) is 6.35. The molecular weight excluding hydrogens is 230 g/mol. The standard InChI is InChI=1S/C14H19NO3/c1-2-11-3-5-12(6-4-11)14(17)15-7-8-18-13(9-15)10-16/h3-6,13,16H,2,7-10H2,1H3. The molecule has 4 nitrogen and oxygen atoms in total. The lowest BCUT2D eigenvalue weighted by Gasteiger charge is -2.32. The summed E-state index contributed by atoms with van der Waals surface area (Å²) < 4.78 is 5.34. The van der Waals surface area contributed by atoms with E-state index in [9.17, 15) is 4.79 Å². The van der Waals surface area contributed by atoms with Gasteiger partial charge in [0.15, 0.2) is 0 Å². The SMILES string of the molecule is CCc1ccc(C(=O)N2CCOC(CO)C2)cc1. The monoisotopic (exact) mass is 249 g/mol. The average molecular weight is 249 g/mol. The fraction of sp³-hybridized carbons (Fsp3) is 0.500. The van der Waals surface area contributed by atoms with Crippen LogP contribution in [0, 0.1) is 0 Å². The fourth-order valence-corrected chi connectivity index (χ4v) is 2.08. The number of benzene rings is 1. The maximum absolute atomic E-state index is 12.2. The first-order chi connectivity index (χ1) is 8.74. The Labute approximate surface area is 107 Å². The molecule has 0 aliphatic carbocycles. The van der Waals surface area contributed by atoms with Gasteiger partial charge in [0.05, 0.1) is 19.3 Å². The Kier molecular flexibility index (Phi) is 4.33. The summed E-state index contributed by atoms with van der Waals surface area (Å²) in [4.78, 5) is 14.0. The normalized spacial score (nSPS) is 19.9. The van der Waals surface area contributed by atoms with Crippen molar-refractivity contribution in [2.75, 3.05) is 26.3 Å². The van der Waals surface area contributed by atoms with Crippen molar-refractivity contribution in [3.8, 4) is 0 Å². The van der Waals surface area contributed by atoms with Gasteiger partial charge in [-0.1, -0.05) is 19.1 Å². The molecule has 1 fully saturated rings. The Morgan fingerprint density at radius 3 is 2.78 bits per heavy atom. The lowest BCUT2D eigenvalue weighted by atomic mass is 10.1. The van der Waals surface area contributed by atoms with Crippen molar-refractivity contribution in [3.05, 3.63) is 35.4 Å². The third kappa shape index (κ3) is 2.89. The summed E-state index contributed by atoms with van der Waals surface area (Å²) in [5.41, 5.74) is 1.92. The van der Waals surface area contributed by atoms with E-state index in [1.807, 2.05) is 24.3 Å². The average Bonchev–Trinajstić information content (AvgIpc) is 2.46. The summed E-state index contributed by atoms with van der Waals surface area (Å²) in [6.45, 7) is 3.59. The molecule has 1 unspecified atom stereocenters. The van der Waals surface area contributed by atoms with Crippen molar-refractivity contribution in [3.63, 3.8) is 0 Å². The van der Waals surface area contributed by atoms with E-state index in [0.29, 0.717) is 25.3 Å². The second-order valence-corrected chi connectivity index (χ2v) is 4.48. The second kappa shape index (κ2) is 5.98. The number of ether oxygens (including phenoxy) is 1. The van der Waals surface area contributed by atoms with Crippen LogP contribution in [-0.4, -0.2) is 48.3 Å². The maximum Gasteiger partial charge on any atom is 0.254 e. The Bertz CT molecular complexity index is 402. The van der Waals surface area contributed by atoms with Crippen molar-refractivity contribution < 1.29 is 14.6 Å². The van der Waals surface area contributed by atoms with E-state index < -0.39 is 0 Å². The molecule has 0 saturated carbocycles. The van der Waals surface area contributed by atoms with E-state index in [-0.39, 0.29) is 18.6 Å². The molecule has 4 heteroatoms. The number of amides is 1. The topological polar surface area (TPSA) is 49.8 Å². The van der Waals surface area contributed by atoms with E-state index in [4.69, 9.17) is 9.84 Å². The number of morpholine rings is 1. The van der Waals surface area contributed by atoms with Gasteiger partial charge in [-0.05, 0) is 24.1 Å². The van der Waals surface area contributed by atoms with Crippen molar-refractivity contribution >= 4 is 5.91 Å². The summed E-state index contributed by atoms with van der Waals surface area (Å²) >= 11 is 0. The zero-order valence-electron chi connectivity index (χ0n) is 10.6. The van der Waals surface area contributed by atoms with Crippen LogP contribution in [0.25, 0.3) is 0 Å². The van der Waals surface area contributed by atoms with Gasteiger partial charge in [0.2, 0.25) is 0 Å². The van der Waals surface area contributed by atoms with Gasteiger partial charge in [0.25, 0.3) is 5.91 Å². The van der Waals surface area contributed by atoms with Crippen molar-refractivity contribution in [1.29, 1.82) is 0 Å². The highest BCUT2D eigenvalue weighted by Crippen LogP contribution is 2.12. The zero-order valence-corrected chi connectivity index (χ0v) is 10.6. The van der Waals surface area contributed by atoms with Gasteiger partial charge in [-0.2, -0.15) is 0 Å². The van der Waals surface area contributed by atoms with Gasteiger partial charge in [-0.15, -0.1) is 0 Å². The van der Waals surface area contributed by atoms with Crippen molar-refractivity contribution in [2.45, 2.75) is 19.4 Å². The number of carbonyl (C=O) groups is 1. The van der Waals surface area contributed by atoms with Crippen LogP contribution in [0.5, 0.6) is 0 Å². The maximum atomic E-state index is 12.2. The quantitative estimate of drug-likeness (QED) is 0.872. The number of hydrogen-bond donors (Lipinski definition) is 1. The van der Waals surface area contributed by atoms with Crippen LogP contribution in [0.1, 0.15) is 22.8 Å². The van der Waals surface area contributed by atoms with Gasteiger partial charge in [-0.25, -0.2) is 0 Å². The second-order valence-electron chi connectivity index (χ2n) is 4.48. The summed E-state index contributed by atoms with van der Waals surface area (Å²) in [7, 11) is 0. The summed E-state index contributed by atoms with van der Waals surface area (Å²) in [5.74, 6) is 0.0133. The van der Waals surface area contributed by atoms with Gasteiger partial charge in [-0.3, -0.25) is 4.79 Å². The molecule has 1 aliphatic heterocycles. The number of carbonyl (C=O) groups excluding carboxylic acids is 1. The Morgan fingerprint density at radius 1 is 1.44 bits per heavy atom. The first kappa shape index (κ1) is 13.1. The molecule has 2 rings (SSSR count). The molecule has 0 bridgehead atoms. The minimum absolute atomic E-state index is 0.0133. The number of rotatable bonds is 3.